The summed E-state index contributed by atoms with van der Waals surface area (Å²) in [4.78, 5) is 2.48. The van der Waals surface area contributed by atoms with Crippen molar-refractivity contribution < 1.29 is 17.6 Å². The number of rotatable bonds is 2. The first-order valence-electron chi connectivity index (χ1n) is 5.11. The zero-order valence-electron chi connectivity index (χ0n) is 10.0. The molecule has 1 rings (SSSR count). The van der Waals surface area contributed by atoms with Gasteiger partial charge in [-0.2, -0.15) is 22.5 Å². The van der Waals surface area contributed by atoms with E-state index in [0.29, 0.717) is 0 Å². The Labute approximate surface area is 97.1 Å². The summed E-state index contributed by atoms with van der Waals surface area (Å²) >= 11 is 0. The fourth-order valence-corrected chi connectivity index (χ4v) is 1.05. The zero-order valence-corrected chi connectivity index (χ0v) is 10.0. The van der Waals surface area contributed by atoms with Crippen molar-refractivity contribution in [2.75, 3.05) is 5.32 Å². The Hall–Kier alpha value is -1.33. The van der Waals surface area contributed by atoms with Gasteiger partial charge in [-0.15, -0.1) is 0 Å². The molecule has 1 aromatic rings. The van der Waals surface area contributed by atoms with E-state index in [2.05, 4.69) is 10.3 Å². The van der Waals surface area contributed by atoms with Gasteiger partial charge in [-0.3, -0.25) is 0 Å². The number of hydrogen-bond acceptors (Lipinski definition) is 2. The molecule has 1 heterocycles. The maximum absolute atomic E-state index is 13.3. The van der Waals surface area contributed by atoms with Gasteiger partial charge in [0.1, 0.15) is 5.69 Å². The number of aromatic nitrogens is 1. The first-order chi connectivity index (χ1) is 7.64. The molecule has 0 fully saturated rings. The van der Waals surface area contributed by atoms with Crippen LogP contribution in [0.2, 0.25) is 0 Å². The highest BCUT2D eigenvalue weighted by atomic mass is 19.2. The van der Waals surface area contributed by atoms with Crippen LogP contribution < -0.4 is 5.32 Å². The number of nitrogens with zero attached hydrogens (tertiary/aromatic N) is 1. The third-order valence-corrected chi connectivity index (χ3v) is 2.66. The van der Waals surface area contributed by atoms with Gasteiger partial charge in [-0.1, -0.05) is 20.8 Å². The molecule has 0 aliphatic carbocycles. The molecular formula is C11H14F4N2. The predicted octanol–water partition coefficient (Wildman–Crippen LogP) is 3.48. The van der Waals surface area contributed by atoms with Gasteiger partial charge in [0.2, 0.25) is 11.6 Å². The van der Waals surface area contributed by atoms with Crippen LogP contribution in [0.15, 0.2) is 0 Å². The highest BCUT2D eigenvalue weighted by Crippen LogP contribution is 2.27. The lowest BCUT2D eigenvalue weighted by Crippen LogP contribution is -2.32. The molecule has 96 valence electrons. The van der Waals surface area contributed by atoms with Gasteiger partial charge in [-0.05, 0) is 12.3 Å². The van der Waals surface area contributed by atoms with Crippen molar-refractivity contribution in [3.05, 3.63) is 23.5 Å². The predicted molar refractivity (Wildman–Crippen MR) is 56.6 cm³/mol. The normalized spacial score (nSPS) is 13.6. The third kappa shape index (κ3) is 2.87. The Balaban J connectivity index is 3.15. The van der Waals surface area contributed by atoms with Gasteiger partial charge in [0.25, 0.3) is 11.9 Å². The second-order valence-electron chi connectivity index (χ2n) is 4.93. The summed E-state index contributed by atoms with van der Waals surface area (Å²) in [6, 6.07) is -0.382. The minimum atomic E-state index is -1.66. The number of pyridine rings is 1. The first-order valence-corrected chi connectivity index (χ1v) is 5.11. The van der Waals surface area contributed by atoms with Crippen LogP contribution in [0.1, 0.15) is 27.7 Å². The highest BCUT2D eigenvalue weighted by molar-refractivity contribution is 5.46. The molecular weight excluding hydrogens is 236 g/mol. The molecule has 2 nitrogen and oxygen atoms in total. The van der Waals surface area contributed by atoms with Gasteiger partial charge in [-0.25, -0.2) is 0 Å². The van der Waals surface area contributed by atoms with E-state index in [4.69, 9.17) is 0 Å². The SMILES string of the molecule is CC(Nc1c(F)c(F)nc(F)c1F)C(C)(C)C. The van der Waals surface area contributed by atoms with Gasteiger partial charge < -0.3 is 5.32 Å². The Kier molecular flexibility index (Phi) is 3.64. The van der Waals surface area contributed by atoms with Crippen molar-refractivity contribution in [2.24, 2.45) is 5.41 Å². The van der Waals surface area contributed by atoms with E-state index in [0.717, 1.165) is 0 Å². The van der Waals surface area contributed by atoms with Crippen molar-refractivity contribution in [1.29, 1.82) is 0 Å². The molecule has 0 spiro atoms. The lowest BCUT2D eigenvalue weighted by Gasteiger charge is -2.29. The van der Waals surface area contributed by atoms with Crippen molar-refractivity contribution in [1.82, 2.24) is 4.98 Å². The van der Waals surface area contributed by atoms with Crippen molar-refractivity contribution in [2.45, 2.75) is 33.7 Å². The van der Waals surface area contributed by atoms with Crippen LogP contribution in [0.4, 0.5) is 23.2 Å². The monoisotopic (exact) mass is 250 g/mol. The molecule has 0 bridgehead atoms. The fraction of sp³-hybridized carbons (Fsp3) is 0.545. The smallest absolute Gasteiger partial charge is 0.253 e. The van der Waals surface area contributed by atoms with Crippen molar-refractivity contribution >= 4 is 5.69 Å². The summed E-state index contributed by atoms with van der Waals surface area (Å²) in [5.74, 6) is -6.35. The minimum Gasteiger partial charge on any atom is -0.377 e. The van der Waals surface area contributed by atoms with E-state index < -0.39 is 29.2 Å². The van der Waals surface area contributed by atoms with E-state index in [1.807, 2.05) is 20.8 Å². The molecule has 0 aliphatic heterocycles. The summed E-state index contributed by atoms with van der Waals surface area (Å²) < 4.78 is 52.2. The Morgan fingerprint density at radius 2 is 1.41 bits per heavy atom. The fourth-order valence-electron chi connectivity index (χ4n) is 1.05. The average molecular weight is 250 g/mol. The number of hydrogen-bond donors (Lipinski definition) is 1. The van der Waals surface area contributed by atoms with Gasteiger partial charge in [0.15, 0.2) is 0 Å². The van der Waals surface area contributed by atoms with Crippen LogP contribution in [0.5, 0.6) is 0 Å². The second-order valence-corrected chi connectivity index (χ2v) is 4.93. The van der Waals surface area contributed by atoms with E-state index in [1.54, 1.807) is 6.92 Å². The highest BCUT2D eigenvalue weighted by Gasteiger charge is 2.26. The lowest BCUT2D eigenvalue weighted by atomic mass is 9.88. The average Bonchev–Trinajstić information content (AvgIpc) is 2.20. The molecule has 0 radical (unpaired) electrons. The molecule has 0 saturated heterocycles. The molecule has 0 saturated carbocycles. The number of nitrogens with one attached hydrogen (secondary N) is 1. The molecule has 1 unspecified atom stereocenters. The van der Waals surface area contributed by atoms with Gasteiger partial charge in [0, 0.05) is 6.04 Å². The molecule has 0 aromatic carbocycles. The standard InChI is InChI=1S/C11H14F4N2/c1-5(11(2,3)4)16-8-6(12)9(14)17-10(15)7(8)13/h5H,1-4H3,(H,16,17). The zero-order chi connectivity index (χ0) is 13.4. The molecule has 6 heteroatoms. The molecule has 1 N–H and O–H groups in total. The van der Waals surface area contributed by atoms with Gasteiger partial charge >= 0.3 is 0 Å². The quantitative estimate of drug-likeness (QED) is 0.642. The largest absolute Gasteiger partial charge is 0.377 e. The number of anilines is 1. The maximum atomic E-state index is 13.3. The summed E-state index contributed by atoms with van der Waals surface area (Å²) in [6.07, 6.45) is 0. The third-order valence-electron chi connectivity index (χ3n) is 2.66. The van der Waals surface area contributed by atoms with Crippen molar-refractivity contribution in [3.8, 4) is 0 Å². The van der Waals surface area contributed by atoms with Crippen LogP contribution >= 0.6 is 0 Å². The molecule has 1 atom stereocenters. The van der Waals surface area contributed by atoms with Crippen molar-refractivity contribution in [3.63, 3.8) is 0 Å². The molecule has 1 aromatic heterocycles. The van der Waals surface area contributed by atoms with Crippen LogP contribution in [0.3, 0.4) is 0 Å². The van der Waals surface area contributed by atoms with Crippen LogP contribution in [-0.4, -0.2) is 11.0 Å². The van der Waals surface area contributed by atoms with Crippen LogP contribution in [-0.2, 0) is 0 Å². The summed E-state index contributed by atoms with van der Waals surface area (Å²) in [5, 5.41) is 2.43. The van der Waals surface area contributed by atoms with Crippen LogP contribution in [0.25, 0.3) is 0 Å². The Morgan fingerprint density at radius 3 is 1.76 bits per heavy atom. The topological polar surface area (TPSA) is 24.9 Å². The molecule has 17 heavy (non-hydrogen) atoms. The maximum Gasteiger partial charge on any atom is 0.253 e. The minimum absolute atomic E-state index is 0.324. The van der Waals surface area contributed by atoms with E-state index in [9.17, 15) is 17.6 Å². The number of halogens is 4. The Morgan fingerprint density at radius 1 is 1.00 bits per heavy atom. The van der Waals surface area contributed by atoms with E-state index >= 15 is 0 Å². The molecule has 0 aliphatic rings. The Bertz CT molecular complexity index is 400. The molecule has 0 amide bonds. The summed E-state index contributed by atoms with van der Waals surface area (Å²) in [5.41, 5.74) is -1.15. The van der Waals surface area contributed by atoms with E-state index in [1.165, 1.54) is 0 Å². The summed E-state index contributed by atoms with van der Waals surface area (Å²) in [6.45, 7) is 7.15. The summed E-state index contributed by atoms with van der Waals surface area (Å²) in [7, 11) is 0. The van der Waals surface area contributed by atoms with E-state index in [-0.39, 0.29) is 11.5 Å². The lowest BCUT2D eigenvalue weighted by molar-refractivity contribution is 0.352. The van der Waals surface area contributed by atoms with Gasteiger partial charge in [0.05, 0.1) is 0 Å². The van der Waals surface area contributed by atoms with Crippen LogP contribution in [0, 0.1) is 28.9 Å². The first kappa shape index (κ1) is 13.7. The second kappa shape index (κ2) is 4.50.